The monoisotopic (exact) mass is 791 g/mol. The van der Waals surface area contributed by atoms with E-state index < -0.39 is 12.1 Å². The Bertz CT molecular complexity index is 1180. The third-order valence-corrected chi connectivity index (χ3v) is 9.09. The van der Waals surface area contributed by atoms with Crippen LogP contribution in [0.1, 0.15) is 188 Å². The molecular formula is C51H82O6. The highest BCUT2D eigenvalue weighted by Gasteiger charge is 2.19. The first-order valence-corrected chi connectivity index (χ1v) is 22.7. The molecule has 1 unspecified atom stereocenters. The lowest BCUT2D eigenvalue weighted by molar-refractivity contribution is -0.166. The minimum absolute atomic E-state index is 0.117. The van der Waals surface area contributed by atoms with Crippen molar-refractivity contribution in [1.82, 2.24) is 0 Å². The molecular weight excluding hydrogens is 709 g/mol. The summed E-state index contributed by atoms with van der Waals surface area (Å²) in [5.74, 6) is -1.08. The van der Waals surface area contributed by atoms with Crippen molar-refractivity contribution in [3.8, 4) is 0 Å². The molecule has 0 aromatic heterocycles. The number of ether oxygens (including phenoxy) is 3. The Morgan fingerprint density at radius 2 is 0.754 bits per heavy atom. The average Bonchev–Trinajstić information content (AvgIpc) is 3.21. The highest BCUT2D eigenvalue weighted by atomic mass is 16.6. The minimum atomic E-state index is -0.821. The predicted molar refractivity (Wildman–Crippen MR) is 242 cm³/mol. The van der Waals surface area contributed by atoms with E-state index in [9.17, 15) is 14.4 Å². The Balaban J connectivity index is 4.41. The summed E-state index contributed by atoms with van der Waals surface area (Å²) in [4.78, 5) is 37.6. The Labute approximate surface area is 349 Å². The molecule has 0 saturated carbocycles. The Morgan fingerprint density at radius 1 is 0.386 bits per heavy atom. The largest absolute Gasteiger partial charge is 0.462 e. The number of rotatable bonds is 39. The summed E-state index contributed by atoms with van der Waals surface area (Å²) in [6.45, 7) is 6.22. The van der Waals surface area contributed by atoms with Gasteiger partial charge in [-0.2, -0.15) is 0 Å². The van der Waals surface area contributed by atoms with E-state index >= 15 is 0 Å². The van der Waals surface area contributed by atoms with Gasteiger partial charge in [0.1, 0.15) is 13.2 Å². The summed E-state index contributed by atoms with van der Waals surface area (Å²) >= 11 is 0. The maximum Gasteiger partial charge on any atom is 0.309 e. The lowest BCUT2D eigenvalue weighted by atomic mass is 10.1. The standard InChI is InChI=1S/C51H82O6/c1-4-7-10-13-16-19-21-22-23-24-25-26-27-28-30-32-35-38-41-44-50(53)56-47-48(46-55-49(52)43-40-37-34-31-18-15-12-9-6-3)57-51(54)45-42-39-36-33-29-20-17-14-11-8-5-2/h7,9-10,12,14,16-19,22-23,25-26,31,37,40,48H,4-6,8,11,13,15,20-21,24,27-30,32-36,38-39,41-47H2,1-3H3/b10-7-,12-9-,17-14-,19-16-,23-22-,26-25-,31-18-,40-37-. The lowest BCUT2D eigenvalue weighted by Crippen LogP contribution is -2.30. The van der Waals surface area contributed by atoms with Crippen LogP contribution in [-0.2, 0) is 28.6 Å². The molecule has 0 N–H and O–H groups in total. The van der Waals surface area contributed by atoms with Gasteiger partial charge in [-0.15, -0.1) is 0 Å². The van der Waals surface area contributed by atoms with E-state index in [0.29, 0.717) is 12.8 Å². The fourth-order valence-electron chi connectivity index (χ4n) is 5.71. The molecule has 0 aliphatic carbocycles. The summed E-state index contributed by atoms with van der Waals surface area (Å²) < 4.78 is 16.5. The lowest BCUT2D eigenvalue weighted by Gasteiger charge is -2.18. The first-order valence-electron chi connectivity index (χ1n) is 22.7. The normalized spacial score (nSPS) is 13.0. The number of unbranched alkanes of at least 4 members (excludes halogenated alkanes) is 13. The second-order valence-electron chi connectivity index (χ2n) is 14.6. The molecule has 57 heavy (non-hydrogen) atoms. The van der Waals surface area contributed by atoms with Crippen LogP contribution in [0.4, 0.5) is 0 Å². The summed E-state index contributed by atoms with van der Waals surface area (Å²) in [5.41, 5.74) is 0. The van der Waals surface area contributed by atoms with Crippen LogP contribution >= 0.6 is 0 Å². The molecule has 0 spiro atoms. The van der Waals surface area contributed by atoms with Gasteiger partial charge in [0.15, 0.2) is 6.10 Å². The van der Waals surface area contributed by atoms with E-state index in [1.165, 1.54) is 38.5 Å². The number of carbonyl (C=O) groups is 3. The van der Waals surface area contributed by atoms with Gasteiger partial charge in [-0.1, -0.05) is 176 Å². The fraction of sp³-hybridized carbons (Fsp3) is 0.627. The second-order valence-corrected chi connectivity index (χ2v) is 14.6. The van der Waals surface area contributed by atoms with Crippen molar-refractivity contribution in [1.29, 1.82) is 0 Å². The van der Waals surface area contributed by atoms with Crippen molar-refractivity contribution >= 4 is 17.9 Å². The van der Waals surface area contributed by atoms with Crippen LogP contribution in [0.5, 0.6) is 0 Å². The van der Waals surface area contributed by atoms with Crippen LogP contribution in [0.25, 0.3) is 0 Å². The number of hydrogen-bond acceptors (Lipinski definition) is 6. The molecule has 0 saturated heterocycles. The summed E-state index contributed by atoms with van der Waals surface area (Å²) in [6, 6.07) is 0. The third-order valence-electron chi connectivity index (χ3n) is 9.09. The molecule has 0 amide bonds. The molecule has 6 nitrogen and oxygen atoms in total. The molecule has 1 atom stereocenters. The van der Waals surface area contributed by atoms with Gasteiger partial charge in [0.25, 0.3) is 0 Å². The zero-order valence-electron chi connectivity index (χ0n) is 36.6. The van der Waals surface area contributed by atoms with E-state index in [2.05, 4.69) is 106 Å². The van der Waals surface area contributed by atoms with Crippen LogP contribution < -0.4 is 0 Å². The van der Waals surface area contributed by atoms with Crippen molar-refractivity contribution in [2.75, 3.05) is 13.2 Å². The van der Waals surface area contributed by atoms with Gasteiger partial charge in [-0.25, -0.2) is 0 Å². The molecule has 0 rings (SSSR count). The van der Waals surface area contributed by atoms with Crippen LogP contribution in [0.2, 0.25) is 0 Å². The van der Waals surface area contributed by atoms with E-state index in [-0.39, 0.29) is 31.6 Å². The maximum atomic E-state index is 12.7. The number of allylic oxidation sites excluding steroid dienone is 15. The van der Waals surface area contributed by atoms with Gasteiger partial charge in [0, 0.05) is 12.8 Å². The number of hydrogen-bond donors (Lipinski definition) is 0. The smallest absolute Gasteiger partial charge is 0.309 e. The Kier molecular flexibility index (Phi) is 42.1. The second kappa shape index (κ2) is 45.0. The SMILES string of the molecule is CC/C=C\C/C=C\C/C=C\C/C=C\CCCCCCCCC(=O)OCC(COC(=O)C/C=C\C/C=C\C/C=C\CC)OC(=O)CCCCCCC/C=C\CCCC. The van der Waals surface area contributed by atoms with Gasteiger partial charge in [-0.3, -0.25) is 14.4 Å². The van der Waals surface area contributed by atoms with Crippen molar-refractivity contribution in [3.63, 3.8) is 0 Å². The Hall–Kier alpha value is -3.67. The zero-order chi connectivity index (χ0) is 41.5. The predicted octanol–water partition coefficient (Wildman–Crippen LogP) is 14.6. The fourth-order valence-corrected chi connectivity index (χ4v) is 5.71. The molecule has 0 heterocycles. The van der Waals surface area contributed by atoms with Crippen LogP contribution in [0.3, 0.4) is 0 Å². The summed E-state index contributed by atoms with van der Waals surface area (Å²) in [5, 5.41) is 0. The summed E-state index contributed by atoms with van der Waals surface area (Å²) in [7, 11) is 0. The first-order chi connectivity index (χ1) is 28.0. The van der Waals surface area contributed by atoms with Gasteiger partial charge in [0.2, 0.25) is 0 Å². The number of carbonyl (C=O) groups excluding carboxylic acids is 3. The zero-order valence-corrected chi connectivity index (χ0v) is 36.6. The minimum Gasteiger partial charge on any atom is -0.462 e. The van der Waals surface area contributed by atoms with Gasteiger partial charge < -0.3 is 14.2 Å². The molecule has 0 aromatic rings. The molecule has 0 aromatic carbocycles. The highest BCUT2D eigenvalue weighted by molar-refractivity contribution is 5.72. The van der Waals surface area contributed by atoms with E-state index in [1.807, 2.05) is 6.08 Å². The quantitative estimate of drug-likeness (QED) is 0.0267. The van der Waals surface area contributed by atoms with E-state index in [1.54, 1.807) is 6.08 Å². The van der Waals surface area contributed by atoms with Crippen LogP contribution in [0.15, 0.2) is 97.2 Å². The van der Waals surface area contributed by atoms with Crippen LogP contribution in [0, 0.1) is 0 Å². The van der Waals surface area contributed by atoms with Crippen LogP contribution in [-0.4, -0.2) is 37.2 Å². The molecule has 0 aliphatic heterocycles. The molecule has 6 heteroatoms. The van der Waals surface area contributed by atoms with Gasteiger partial charge in [0.05, 0.1) is 6.42 Å². The molecule has 0 bridgehead atoms. The molecule has 322 valence electrons. The van der Waals surface area contributed by atoms with Crippen molar-refractivity contribution in [2.45, 2.75) is 194 Å². The van der Waals surface area contributed by atoms with Gasteiger partial charge in [-0.05, 0) is 89.9 Å². The van der Waals surface area contributed by atoms with Crippen molar-refractivity contribution < 1.29 is 28.6 Å². The van der Waals surface area contributed by atoms with E-state index in [4.69, 9.17) is 14.2 Å². The highest BCUT2D eigenvalue weighted by Crippen LogP contribution is 2.12. The van der Waals surface area contributed by atoms with Crippen molar-refractivity contribution in [2.24, 2.45) is 0 Å². The van der Waals surface area contributed by atoms with Gasteiger partial charge >= 0.3 is 17.9 Å². The topological polar surface area (TPSA) is 78.9 Å². The molecule has 0 radical (unpaired) electrons. The first kappa shape index (κ1) is 53.3. The number of esters is 3. The van der Waals surface area contributed by atoms with Crippen molar-refractivity contribution in [3.05, 3.63) is 97.2 Å². The average molecular weight is 791 g/mol. The maximum absolute atomic E-state index is 12.7. The molecule has 0 fully saturated rings. The summed E-state index contributed by atoms with van der Waals surface area (Å²) in [6.07, 6.45) is 58.5. The molecule has 0 aliphatic rings. The third kappa shape index (κ3) is 43.3. The van der Waals surface area contributed by atoms with E-state index in [0.717, 1.165) is 109 Å². The Morgan fingerprint density at radius 3 is 1.25 bits per heavy atom.